The fourth-order valence-corrected chi connectivity index (χ4v) is 1.20. The summed E-state index contributed by atoms with van der Waals surface area (Å²) in [4.78, 5) is 11.2. The molecule has 3 N–H and O–H groups in total. The van der Waals surface area contributed by atoms with Gasteiger partial charge in [-0.3, -0.25) is 4.55 Å². The van der Waals surface area contributed by atoms with Crippen LogP contribution in [0.15, 0.2) is 30.3 Å². The van der Waals surface area contributed by atoms with Crippen LogP contribution in [0.1, 0.15) is 18.4 Å². The van der Waals surface area contributed by atoms with Crippen molar-refractivity contribution in [3.05, 3.63) is 35.9 Å². The number of aliphatic hydroxyl groups excluding tert-OH is 1. The van der Waals surface area contributed by atoms with Crippen LogP contribution >= 0.6 is 0 Å². The lowest BCUT2D eigenvalue weighted by molar-refractivity contribution is 0.139. The fraction of sp³-hybridized carbons (Fsp3) is 0.462. The van der Waals surface area contributed by atoms with Gasteiger partial charge in [-0.05, 0) is 18.4 Å². The third kappa shape index (κ3) is 16.3. The minimum atomic E-state index is -3.67. The van der Waals surface area contributed by atoms with Gasteiger partial charge >= 0.3 is 6.09 Å². The Kier molecular flexibility index (Phi) is 10.2. The summed E-state index contributed by atoms with van der Waals surface area (Å²) in [6.07, 6.45) is 1.75. The molecule has 0 heterocycles. The zero-order valence-corrected chi connectivity index (χ0v) is 12.7. The number of benzene rings is 1. The molecule has 0 spiro atoms. The predicted octanol–water partition coefficient (Wildman–Crippen LogP) is 1.19. The summed E-state index contributed by atoms with van der Waals surface area (Å²) >= 11 is 0. The molecule has 0 aliphatic heterocycles. The summed E-state index contributed by atoms with van der Waals surface area (Å²) in [6, 6.07) is 9.52. The normalized spacial score (nSPS) is 10.2. The van der Waals surface area contributed by atoms with Crippen molar-refractivity contribution in [1.29, 1.82) is 0 Å². The van der Waals surface area contributed by atoms with Crippen LogP contribution in [0.2, 0.25) is 0 Å². The van der Waals surface area contributed by atoms with Crippen LogP contribution < -0.4 is 5.32 Å². The Bertz CT molecular complexity index is 481. The van der Waals surface area contributed by atoms with Crippen molar-refractivity contribution < 1.29 is 27.6 Å². The number of nitrogens with one attached hydrogen (secondary N) is 1. The molecule has 1 aromatic carbocycles. The Morgan fingerprint density at radius 3 is 2.33 bits per heavy atom. The topological polar surface area (TPSA) is 113 Å². The fourth-order valence-electron chi connectivity index (χ4n) is 1.20. The number of aliphatic hydroxyl groups is 1. The van der Waals surface area contributed by atoms with Crippen molar-refractivity contribution in [3.8, 4) is 0 Å². The Labute approximate surface area is 124 Å². The first-order valence-corrected chi connectivity index (χ1v) is 8.15. The molecule has 7 nitrogen and oxygen atoms in total. The molecule has 0 saturated heterocycles. The van der Waals surface area contributed by atoms with Gasteiger partial charge in [-0.15, -0.1) is 0 Å². The van der Waals surface area contributed by atoms with Gasteiger partial charge in [0, 0.05) is 13.2 Å². The molecular formula is C13H21NO6S. The lowest BCUT2D eigenvalue weighted by atomic mass is 10.2. The van der Waals surface area contributed by atoms with Gasteiger partial charge in [-0.25, -0.2) is 4.79 Å². The predicted molar refractivity (Wildman–Crippen MR) is 78.4 cm³/mol. The Morgan fingerprint density at radius 1 is 1.24 bits per heavy atom. The van der Waals surface area contributed by atoms with Gasteiger partial charge in [-0.1, -0.05) is 30.3 Å². The van der Waals surface area contributed by atoms with Crippen molar-refractivity contribution in [2.45, 2.75) is 19.4 Å². The maximum atomic E-state index is 11.2. The molecule has 0 radical (unpaired) electrons. The van der Waals surface area contributed by atoms with Crippen molar-refractivity contribution >= 4 is 16.2 Å². The highest BCUT2D eigenvalue weighted by Gasteiger charge is 2.00. The van der Waals surface area contributed by atoms with E-state index in [1.54, 1.807) is 0 Å². The van der Waals surface area contributed by atoms with Crippen molar-refractivity contribution in [2.24, 2.45) is 0 Å². The van der Waals surface area contributed by atoms with Gasteiger partial charge in [0.25, 0.3) is 10.1 Å². The van der Waals surface area contributed by atoms with Crippen molar-refractivity contribution in [3.63, 3.8) is 0 Å². The van der Waals surface area contributed by atoms with Crippen LogP contribution in [0.5, 0.6) is 0 Å². The van der Waals surface area contributed by atoms with Crippen LogP contribution in [0, 0.1) is 0 Å². The van der Waals surface area contributed by atoms with E-state index in [9.17, 15) is 13.2 Å². The zero-order chi connectivity index (χ0) is 16.1. The molecule has 0 aliphatic carbocycles. The SMILES string of the molecule is CS(=O)(=O)O.O=C(NCCCCO)OCc1ccccc1. The Balaban J connectivity index is 0.000000690. The van der Waals surface area contributed by atoms with Crippen LogP contribution in [0.3, 0.4) is 0 Å². The van der Waals surface area contributed by atoms with E-state index in [0.29, 0.717) is 19.2 Å². The molecule has 0 aliphatic rings. The summed E-state index contributed by atoms with van der Waals surface area (Å²) < 4.78 is 30.9. The summed E-state index contributed by atoms with van der Waals surface area (Å²) in [5.41, 5.74) is 0.966. The quantitative estimate of drug-likeness (QED) is 0.536. The number of carbonyl (C=O) groups is 1. The third-order valence-electron chi connectivity index (χ3n) is 2.07. The third-order valence-corrected chi connectivity index (χ3v) is 2.07. The van der Waals surface area contributed by atoms with E-state index >= 15 is 0 Å². The van der Waals surface area contributed by atoms with E-state index in [4.69, 9.17) is 14.4 Å². The number of hydrogen-bond acceptors (Lipinski definition) is 5. The molecule has 120 valence electrons. The number of amides is 1. The molecule has 1 aromatic rings. The highest BCUT2D eigenvalue weighted by Crippen LogP contribution is 2.00. The Morgan fingerprint density at radius 2 is 1.81 bits per heavy atom. The highest BCUT2D eigenvalue weighted by molar-refractivity contribution is 7.85. The molecule has 0 unspecified atom stereocenters. The number of alkyl carbamates (subject to hydrolysis) is 1. The zero-order valence-electron chi connectivity index (χ0n) is 11.9. The molecule has 0 fully saturated rings. The standard InChI is InChI=1S/C12H17NO3.CH4O3S/c14-9-5-4-8-13-12(15)16-10-11-6-2-1-3-7-11;1-5(2,3)4/h1-3,6-7,14H,4-5,8-10H2,(H,13,15);1H3,(H,2,3,4). The van der Waals surface area contributed by atoms with E-state index in [1.807, 2.05) is 30.3 Å². The second-order valence-electron chi connectivity index (χ2n) is 4.15. The first-order chi connectivity index (χ1) is 9.83. The lowest BCUT2D eigenvalue weighted by Crippen LogP contribution is -2.25. The van der Waals surface area contributed by atoms with Crippen LogP contribution in [-0.2, 0) is 21.5 Å². The van der Waals surface area contributed by atoms with Gasteiger partial charge in [0.15, 0.2) is 0 Å². The van der Waals surface area contributed by atoms with Gasteiger partial charge < -0.3 is 15.2 Å². The molecule has 1 amide bonds. The van der Waals surface area contributed by atoms with E-state index < -0.39 is 16.2 Å². The van der Waals surface area contributed by atoms with Crippen LogP contribution in [-0.4, -0.2) is 43.6 Å². The van der Waals surface area contributed by atoms with E-state index in [-0.39, 0.29) is 13.2 Å². The van der Waals surface area contributed by atoms with Gasteiger partial charge in [0.2, 0.25) is 0 Å². The molecule has 1 rings (SSSR count). The molecule has 8 heteroatoms. The number of unbranched alkanes of at least 4 members (excludes halogenated alkanes) is 1. The smallest absolute Gasteiger partial charge is 0.407 e. The summed E-state index contributed by atoms with van der Waals surface area (Å²) in [7, 11) is -3.67. The largest absolute Gasteiger partial charge is 0.445 e. The lowest BCUT2D eigenvalue weighted by Gasteiger charge is -2.06. The molecule has 0 bridgehead atoms. The molecule has 21 heavy (non-hydrogen) atoms. The molecule has 0 aromatic heterocycles. The van der Waals surface area contributed by atoms with Crippen molar-refractivity contribution in [1.82, 2.24) is 5.32 Å². The first kappa shape index (κ1) is 19.4. The van der Waals surface area contributed by atoms with E-state index in [1.165, 1.54) is 0 Å². The van der Waals surface area contributed by atoms with Crippen LogP contribution in [0.4, 0.5) is 4.79 Å². The Hall–Kier alpha value is -1.64. The number of rotatable bonds is 6. The average Bonchev–Trinajstić information content (AvgIpc) is 2.41. The van der Waals surface area contributed by atoms with Crippen molar-refractivity contribution in [2.75, 3.05) is 19.4 Å². The number of ether oxygens (including phenoxy) is 1. The first-order valence-electron chi connectivity index (χ1n) is 6.31. The van der Waals surface area contributed by atoms with Gasteiger partial charge in [0.05, 0.1) is 6.26 Å². The molecular weight excluding hydrogens is 298 g/mol. The number of carbonyl (C=O) groups excluding carboxylic acids is 1. The minimum Gasteiger partial charge on any atom is -0.445 e. The second-order valence-corrected chi connectivity index (χ2v) is 5.62. The summed E-state index contributed by atoms with van der Waals surface area (Å²) in [6.45, 7) is 0.974. The molecule has 0 saturated carbocycles. The summed E-state index contributed by atoms with van der Waals surface area (Å²) in [5.74, 6) is 0. The second kappa shape index (κ2) is 11.1. The minimum absolute atomic E-state index is 0.154. The van der Waals surface area contributed by atoms with Gasteiger partial charge in [-0.2, -0.15) is 8.42 Å². The highest BCUT2D eigenvalue weighted by atomic mass is 32.2. The van der Waals surface area contributed by atoms with E-state index in [2.05, 4.69) is 5.32 Å². The summed E-state index contributed by atoms with van der Waals surface area (Å²) in [5, 5.41) is 11.2. The average molecular weight is 319 g/mol. The number of hydrogen-bond donors (Lipinski definition) is 3. The monoisotopic (exact) mass is 319 g/mol. The van der Waals surface area contributed by atoms with E-state index in [0.717, 1.165) is 12.0 Å². The molecule has 0 atom stereocenters. The van der Waals surface area contributed by atoms with Crippen LogP contribution in [0.25, 0.3) is 0 Å². The maximum absolute atomic E-state index is 11.2. The van der Waals surface area contributed by atoms with Gasteiger partial charge in [0.1, 0.15) is 6.61 Å². The maximum Gasteiger partial charge on any atom is 0.407 e.